The van der Waals surface area contributed by atoms with E-state index in [4.69, 9.17) is 22.1 Å². The van der Waals surface area contributed by atoms with E-state index < -0.39 is 16.7 Å². The molecule has 1 unspecified atom stereocenters. The molecule has 2 aliphatic rings. The molecule has 12 nitrogen and oxygen atoms in total. The van der Waals surface area contributed by atoms with Gasteiger partial charge in [-0.3, -0.25) is 24.6 Å². The van der Waals surface area contributed by atoms with Crippen LogP contribution in [0.3, 0.4) is 0 Å². The molecule has 15 heteroatoms. The molecule has 0 radical (unpaired) electrons. The molecule has 2 aromatic carbocycles. The van der Waals surface area contributed by atoms with E-state index in [-0.39, 0.29) is 39.3 Å². The second kappa shape index (κ2) is 12.2. The Hall–Kier alpha value is -4.45. The van der Waals surface area contributed by atoms with E-state index in [9.17, 15) is 25.0 Å². The number of amides is 1. The Kier molecular flexibility index (Phi) is 8.44. The van der Waals surface area contributed by atoms with Gasteiger partial charge in [0.25, 0.3) is 5.69 Å². The number of nitrogens with zero attached hydrogens (tertiary/aromatic N) is 5. The third-order valence-corrected chi connectivity index (χ3v) is 9.04. The number of rotatable bonds is 8. The highest BCUT2D eigenvalue weighted by molar-refractivity contribution is 8.01. The van der Waals surface area contributed by atoms with Crippen LogP contribution in [0.4, 0.5) is 16.5 Å². The largest absolute Gasteiger partial charge is 0.497 e. The number of nitro benzene ring substituents is 1. The van der Waals surface area contributed by atoms with Crippen molar-refractivity contribution in [2.75, 3.05) is 23.1 Å². The van der Waals surface area contributed by atoms with Crippen LogP contribution < -0.4 is 20.7 Å². The normalized spacial score (nSPS) is 16.6. The number of nitro groups is 1. The number of halogens is 1. The Morgan fingerprint density at radius 1 is 1.33 bits per heavy atom. The molecule has 1 atom stereocenters. The van der Waals surface area contributed by atoms with Crippen LogP contribution in [0, 0.1) is 21.4 Å². The predicted molar refractivity (Wildman–Crippen MR) is 158 cm³/mol. The molecular formula is C27H22ClN7O5S2. The molecule has 5 rings (SSSR count). The summed E-state index contributed by atoms with van der Waals surface area (Å²) in [6.45, 7) is 0. The average Bonchev–Trinajstić information content (AvgIpc) is 3.45. The fourth-order valence-corrected chi connectivity index (χ4v) is 6.73. The summed E-state index contributed by atoms with van der Waals surface area (Å²) in [6.07, 6.45) is 1.53. The Bertz CT molecular complexity index is 1710. The van der Waals surface area contributed by atoms with Crippen LogP contribution in [0.1, 0.15) is 30.7 Å². The number of nitriles is 1. The zero-order chi connectivity index (χ0) is 30.0. The van der Waals surface area contributed by atoms with Crippen molar-refractivity contribution < 1.29 is 19.2 Å². The van der Waals surface area contributed by atoms with Gasteiger partial charge in [0.2, 0.25) is 11.0 Å². The number of nitrogens with one attached hydrogen (secondary N) is 1. The van der Waals surface area contributed by atoms with Crippen molar-refractivity contribution in [2.24, 2.45) is 5.73 Å². The van der Waals surface area contributed by atoms with Gasteiger partial charge in [-0.2, -0.15) is 5.26 Å². The molecule has 0 spiro atoms. The molecule has 1 aliphatic carbocycles. The SMILES string of the molecule is COc1cccc(C2C(C#N)=C(N)N(c3nnc(SCC(=O)Nc4ccc(Cl)c([N+](=O)[O-])c4)s3)C3=C2C(=O)CCC3)c1. The zero-order valence-electron chi connectivity index (χ0n) is 22.0. The predicted octanol–water partition coefficient (Wildman–Crippen LogP) is 5.14. The maximum atomic E-state index is 13.3. The van der Waals surface area contributed by atoms with Crippen molar-refractivity contribution in [3.05, 3.63) is 85.8 Å². The minimum absolute atomic E-state index is 0.0351. The summed E-state index contributed by atoms with van der Waals surface area (Å²) >= 11 is 8.11. The number of allylic oxidation sites excluding steroid dienone is 3. The standard InChI is InChI=1S/C27H22ClN7O5S2/c1-40-16-5-2-4-14(10-16)23-17(12-29)25(30)34(19-6-3-7-21(36)24(19)23)26-32-33-27(42-26)41-13-22(37)31-15-8-9-18(28)20(11-15)35(38)39/h2,4-5,8-11,23H,3,6-7,13,30H2,1H3,(H,31,37). The Morgan fingerprint density at radius 3 is 2.88 bits per heavy atom. The zero-order valence-corrected chi connectivity index (χ0v) is 24.4. The summed E-state index contributed by atoms with van der Waals surface area (Å²) in [5.74, 6) is -0.411. The van der Waals surface area contributed by atoms with Crippen LogP contribution in [-0.4, -0.2) is 39.7 Å². The van der Waals surface area contributed by atoms with E-state index in [1.807, 2.05) is 6.07 Å². The fourth-order valence-electron chi connectivity index (χ4n) is 4.87. The first-order chi connectivity index (χ1) is 20.2. The second-order valence-corrected chi connectivity index (χ2v) is 11.8. The molecule has 1 aliphatic heterocycles. The van der Waals surface area contributed by atoms with Crippen molar-refractivity contribution in [2.45, 2.75) is 29.5 Å². The van der Waals surface area contributed by atoms with E-state index in [2.05, 4.69) is 21.6 Å². The van der Waals surface area contributed by atoms with Crippen LogP contribution in [-0.2, 0) is 9.59 Å². The van der Waals surface area contributed by atoms with Crippen molar-refractivity contribution in [3.63, 3.8) is 0 Å². The van der Waals surface area contributed by atoms with Crippen LogP contribution in [0.2, 0.25) is 5.02 Å². The summed E-state index contributed by atoms with van der Waals surface area (Å²) in [4.78, 5) is 37.9. The van der Waals surface area contributed by atoms with E-state index in [0.29, 0.717) is 45.8 Å². The number of aromatic nitrogens is 2. The lowest BCUT2D eigenvalue weighted by Crippen LogP contribution is -2.38. The number of thioether (sulfide) groups is 1. The smallest absolute Gasteiger partial charge is 0.289 e. The molecule has 214 valence electrons. The molecule has 0 fully saturated rings. The van der Waals surface area contributed by atoms with Gasteiger partial charge in [-0.25, -0.2) is 0 Å². The van der Waals surface area contributed by atoms with E-state index in [1.54, 1.807) is 30.2 Å². The summed E-state index contributed by atoms with van der Waals surface area (Å²) in [7, 11) is 1.55. The minimum atomic E-state index is -0.640. The molecule has 1 amide bonds. The van der Waals surface area contributed by atoms with Crippen LogP contribution >= 0.6 is 34.7 Å². The van der Waals surface area contributed by atoms with Gasteiger partial charge in [-0.15, -0.1) is 10.2 Å². The number of ketones is 1. The molecule has 0 saturated carbocycles. The fraction of sp³-hybridized carbons (Fsp3) is 0.222. The molecule has 0 saturated heterocycles. The lowest BCUT2D eigenvalue weighted by Gasteiger charge is -2.38. The number of hydrogen-bond donors (Lipinski definition) is 2. The third-order valence-electron chi connectivity index (χ3n) is 6.68. The Morgan fingerprint density at radius 2 is 2.14 bits per heavy atom. The lowest BCUT2D eigenvalue weighted by atomic mass is 9.76. The van der Waals surface area contributed by atoms with Crippen LogP contribution in [0.15, 0.2) is 69.5 Å². The van der Waals surface area contributed by atoms with Crippen molar-refractivity contribution in [1.29, 1.82) is 5.26 Å². The van der Waals surface area contributed by atoms with Gasteiger partial charge in [-0.05, 0) is 42.7 Å². The molecule has 3 aromatic rings. The van der Waals surface area contributed by atoms with Crippen molar-refractivity contribution in [1.82, 2.24) is 10.2 Å². The molecule has 42 heavy (non-hydrogen) atoms. The first kappa shape index (κ1) is 29.1. The maximum Gasteiger partial charge on any atom is 0.289 e. The number of carbonyl (C=O) groups is 2. The van der Waals surface area contributed by atoms with Gasteiger partial charge in [-0.1, -0.05) is 46.8 Å². The number of hydrogen-bond acceptors (Lipinski definition) is 12. The maximum absolute atomic E-state index is 13.3. The highest BCUT2D eigenvalue weighted by atomic mass is 35.5. The first-order valence-electron chi connectivity index (χ1n) is 12.5. The van der Waals surface area contributed by atoms with Gasteiger partial charge in [0.05, 0.1) is 35.3 Å². The number of Topliss-reactive ketones (excluding diaryl/α,β-unsaturated/α-hetero) is 1. The third kappa shape index (κ3) is 5.67. The Balaban J connectivity index is 1.39. The van der Waals surface area contributed by atoms with Crippen LogP contribution in [0.25, 0.3) is 0 Å². The van der Waals surface area contributed by atoms with Gasteiger partial charge in [0, 0.05) is 29.4 Å². The van der Waals surface area contributed by atoms with Gasteiger partial charge < -0.3 is 15.8 Å². The lowest BCUT2D eigenvalue weighted by molar-refractivity contribution is -0.384. The van der Waals surface area contributed by atoms with Crippen molar-refractivity contribution in [3.8, 4) is 11.8 Å². The minimum Gasteiger partial charge on any atom is -0.497 e. The summed E-state index contributed by atoms with van der Waals surface area (Å²) in [5, 5.41) is 32.7. The number of anilines is 2. The quantitative estimate of drug-likeness (QED) is 0.193. The number of carbonyl (C=O) groups excluding carboxylic acids is 2. The summed E-state index contributed by atoms with van der Waals surface area (Å²) < 4.78 is 5.82. The van der Waals surface area contributed by atoms with Gasteiger partial charge >= 0.3 is 0 Å². The summed E-state index contributed by atoms with van der Waals surface area (Å²) in [5.41, 5.74) is 8.63. The highest BCUT2D eigenvalue weighted by Gasteiger charge is 2.41. The first-order valence-corrected chi connectivity index (χ1v) is 14.7. The van der Waals surface area contributed by atoms with Gasteiger partial charge in [0.15, 0.2) is 10.1 Å². The molecule has 0 bridgehead atoms. The van der Waals surface area contributed by atoms with E-state index in [1.165, 1.54) is 18.2 Å². The monoisotopic (exact) mass is 623 g/mol. The molecule has 3 N–H and O–H groups in total. The molecule has 2 heterocycles. The van der Waals surface area contributed by atoms with Crippen molar-refractivity contribution >= 4 is 62.9 Å². The second-order valence-electron chi connectivity index (χ2n) is 9.20. The highest BCUT2D eigenvalue weighted by Crippen LogP contribution is 2.47. The Labute approximate surface area is 253 Å². The number of benzene rings is 2. The molecule has 1 aromatic heterocycles. The average molecular weight is 624 g/mol. The summed E-state index contributed by atoms with van der Waals surface area (Å²) in [6, 6.07) is 13.4. The topological polar surface area (TPSA) is 177 Å². The van der Waals surface area contributed by atoms with Crippen LogP contribution in [0.5, 0.6) is 5.75 Å². The number of nitrogens with two attached hydrogens (primary N) is 1. The number of ether oxygens (including phenoxy) is 1. The van der Waals surface area contributed by atoms with E-state index >= 15 is 0 Å². The number of methoxy groups -OCH3 is 1. The molecular weight excluding hydrogens is 602 g/mol. The van der Waals surface area contributed by atoms with Gasteiger partial charge in [0.1, 0.15) is 16.6 Å². The van der Waals surface area contributed by atoms with E-state index in [0.717, 1.165) is 28.7 Å².